The first-order valence-corrected chi connectivity index (χ1v) is 11.9. The summed E-state index contributed by atoms with van der Waals surface area (Å²) in [6.45, 7) is 0. The highest BCUT2D eigenvalue weighted by Crippen LogP contribution is 2.46. The molecule has 1 saturated carbocycles. The molecule has 1 spiro atoms. The van der Waals surface area contributed by atoms with Crippen LogP contribution in [0.1, 0.15) is 60.0 Å². The topological polar surface area (TPSA) is 108 Å². The zero-order chi connectivity index (χ0) is 20.9. The second-order valence-electron chi connectivity index (χ2n) is 8.30. The van der Waals surface area contributed by atoms with E-state index in [1.807, 2.05) is 0 Å². The Hall–Kier alpha value is -2.58. The molecule has 2 aromatic carbocycles. The number of nitrogens with one attached hydrogen (secondary N) is 1. The molecule has 7 nitrogen and oxygen atoms in total. The average molecular weight is 429 g/mol. The van der Waals surface area contributed by atoms with Crippen molar-refractivity contribution in [3.8, 4) is 11.5 Å². The molecule has 1 heterocycles. The highest BCUT2D eigenvalue weighted by molar-refractivity contribution is 7.89. The van der Waals surface area contributed by atoms with Gasteiger partial charge in [-0.2, -0.15) is 0 Å². The summed E-state index contributed by atoms with van der Waals surface area (Å²) >= 11 is 0. The van der Waals surface area contributed by atoms with Crippen LogP contribution < -0.4 is 19.9 Å². The van der Waals surface area contributed by atoms with Gasteiger partial charge in [0.15, 0.2) is 11.5 Å². The Kier molecular flexibility index (Phi) is 4.52. The third-order valence-electron chi connectivity index (χ3n) is 6.15. The average Bonchev–Trinajstić information content (AvgIpc) is 3.30. The lowest BCUT2D eigenvalue weighted by molar-refractivity contribution is -0.105. The number of ether oxygens (including phenoxy) is 2. The summed E-state index contributed by atoms with van der Waals surface area (Å²) in [5, 5.41) is 8.23. The molecule has 3 N–H and O–H groups in total. The number of hydrogen-bond donors (Lipinski definition) is 2. The van der Waals surface area contributed by atoms with E-state index in [1.165, 1.54) is 12.5 Å². The van der Waals surface area contributed by atoms with E-state index in [1.54, 1.807) is 24.3 Å². The number of sulfonamides is 1. The molecule has 2 aromatic rings. The van der Waals surface area contributed by atoms with Crippen molar-refractivity contribution in [2.24, 2.45) is 5.14 Å². The van der Waals surface area contributed by atoms with E-state index in [2.05, 4.69) is 5.32 Å². The Bertz CT molecular complexity index is 1140. The van der Waals surface area contributed by atoms with Crippen molar-refractivity contribution < 1.29 is 22.7 Å². The third-order valence-corrected chi connectivity index (χ3v) is 7.13. The van der Waals surface area contributed by atoms with Crippen molar-refractivity contribution in [3.05, 3.63) is 47.0 Å². The number of carbonyl (C=O) groups excluding carboxylic acids is 1. The molecule has 0 aromatic heterocycles. The molecule has 3 aliphatic rings. The minimum atomic E-state index is -3.90. The SMILES string of the molecule is NS(=O)(=O)c1cc(C(=O)Nc2ccc3c(c2)OC2(CCCCC2)O3)cc2c1CCC2. The molecule has 5 rings (SSSR count). The van der Waals surface area contributed by atoms with Gasteiger partial charge in [-0.1, -0.05) is 6.42 Å². The summed E-state index contributed by atoms with van der Waals surface area (Å²) < 4.78 is 36.2. The Morgan fingerprint density at radius 2 is 1.73 bits per heavy atom. The van der Waals surface area contributed by atoms with Gasteiger partial charge in [0, 0.05) is 30.2 Å². The summed E-state index contributed by atoms with van der Waals surface area (Å²) in [6, 6.07) is 8.45. The first kappa shape index (κ1) is 19.4. The molecular formula is C22H24N2O5S. The Labute approximate surface area is 175 Å². The molecule has 0 unspecified atom stereocenters. The summed E-state index contributed by atoms with van der Waals surface area (Å²) in [4.78, 5) is 12.9. The fourth-order valence-electron chi connectivity index (χ4n) is 4.72. The Balaban J connectivity index is 1.39. The minimum Gasteiger partial charge on any atom is -0.448 e. The number of anilines is 1. The van der Waals surface area contributed by atoms with Crippen LogP contribution in [0.25, 0.3) is 0 Å². The van der Waals surface area contributed by atoms with Crippen molar-refractivity contribution in [3.63, 3.8) is 0 Å². The molecule has 1 amide bonds. The molecule has 30 heavy (non-hydrogen) atoms. The van der Waals surface area contributed by atoms with Crippen LogP contribution in [0.2, 0.25) is 0 Å². The Morgan fingerprint density at radius 3 is 2.50 bits per heavy atom. The maximum Gasteiger partial charge on any atom is 0.255 e. The summed E-state index contributed by atoms with van der Waals surface area (Å²) in [5.41, 5.74) is 2.44. The predicted octanol–water partition coefficient (Wildman–Crippen LogP) is 3.51. The monoisotopic (exact) mass is 428 g/mol. The van der Waals surface area contributed by atoms with E-state index in [0.29, 0.717) is 23.6 Å². The number of primary sulfonamides is 1. The van der Waals surface area contributed by atoms with Gasteiger partial charge in [-0.3, -0.25) is 4.79 Å². The van der Waals surface area contributed by atoms with Crippen LogP contribution in [0.4, 0.5) is 5.69 Å². The number of fused-ring (bicyclic) bond motifs is 2. The first-order chi connectivity index (χ1) is 14.3. The quantitative estimate of drug-likeness (QED) is 0.778. The van der Waals surface area contributed by atoms with Crippen molar-refractivity contribution in [2.45, 2.75) is 62.0 Å². The van der Waals surface area contributed by atoms with Crippen LogP contribution >= 0.6 is 0 Å². The third kappa shape index (κ3) is 3.44. The number of carbonyl (C=O) groups is 1. The highest BCUT2D eigenvalue weighted by Gasteiger charge is 2.42. The molecule has 0 atom stereocenters. The molecule has 2 aliphatic carbocycles. The van der Waals surface area contributed by atoms with Crippen LogP contribution in [0, 0.1) is 0 Å². The fraction of sp³-hybridized carbons (Fsp3) is 0.409. The van der Waals surface area contributed by atoms with Crippen molar-refractivity contribution >= 4 is 21.6 Å². The number of rotatable bonds is 3. The Morgan fingerprint density at radius 1 is 0.967 bits per heavy atom. The molecule has 8 heteroatoms. The van der Waals surface area contributed by atoms with Crippen LogP contribution in [-0.4, -0.2) is 20.1 Å². The van der Waals surface area contributed by atoms with Gasteiger partial charge < -0.3 is 14.8 Å². The number of aryl methyl sites for hydroxylation is 1. The minimum absolute atomic E-state index is 0.0487. The second-order valence-corrected chi connectivity index (χ2v) is 9.83. The van der Waals surface area contributed by atoms with Crippen LogP contribution in [0.15, 0.2) is 35.2 Å². The van der Waals surface area contributed by atoms with Crippen LogP contribution in [0.5, 0.6) is 11.5 Å². The lowest BCUT2D eigenvalue weighted by atomic mass is 9.94. The van der Waals surface area contributed by atoms with Crippen LogP contribution in [0.3, 0.4) is 0 Å². The first-order valence-electron chi connectivity index (χ1n) is 10.4. The second kappa shape index (κ2) is 6.99. The van der Waals surface area contributed by atoms with E-state index in [4.69, 9.17) is 14.6 Å². The zero-order valence-electron chi connectivity index (χ0n) is 16.6. The summed E-state index contributed by atoms with van der Waals surface area (Å²) in [5.74, 6) is 0.340. The van der Waals surface area contributed by atoms with E-state index < -0.39 is 15.8 Å². The van der Waals surface area contributed by atoms with Crippen LogP contribution in [-0.2, 0) is 22.9 Å². The standard InChI is InChI=1S/C22H24N2O5S/c23-30(26,27)20-12-15(11-14-5-4-6-17(14)20)21(25)24-16-7-8-18-19(13-16)29-22(28-18)9-2-1-3-10-22/h7-8,11-13H,1-6,9-10H2,(H,24,25)(H2,23,26,27). The van der Waals surface area contributed by atoms with Crippen molar-refractivity contribution in [1.29, 1.82) is 0 Å². The van der Waals surface area contributed by atoms with Crippen molar-refractivity contribution in [1.82, 2.24) is 0 Å². The predicted molar refractivity (Wildman–Crippen MR) is 111 cm³/mol. The van der Waals surface area contributed by atoms with Gasteiger partial charge in [0.05, 0.1) is 4.90 Å². The van der Waals surface area contributed by atoms with Gasteiger partial charge in [0.25, 0.3) is 11.7 Å². The van der Waals surface area contributed by atoms with Gasteiger partial charge in [0.2, 0.25) is 10.0 Å². The van der Waals surface area contributed by atoms with E-state index >= 15 is 0 Å². The van der Waals surface area contributed by atoms with Gasteiger partial charge in [-0.25, -0.2) is 13.6 Å². The summed E-state index contributed by atoms with van der Waals surface area (Å²) in [6.07, 6.45) is 7.30. The molecular weight excluding hydrogens is 404 g/mol. The number of amides is 1. The molecule has 1 fully saturated rings. The van der Waals surface area contributed by atoms with Gasteiger partial charge in [-0.15, -0.1) is 0 Å². The number of nitrogens with two attached hydrogens (primary N) is 1. The lowest BCUT2D eigenvalue weighted by Crippen LogP contribution is -2.40. The largest absolute Gasteiger partial charge is 0.448 e. The van der Waals surface area contributed by atoms with Gasteiger partial charge in [0.1, 0.15) is 0 Å². The number of hydrogen-bond acceptors (Lipinski definition) is 5. The maximum atomic E-state index is 12.9. The lowest BCUT2D eigenvalue weighted by Gasteiger charge is -2.31. The molecule has 1 aliphatic heterocycles. The fourth-order valence-corrected chi connectivity index (χ4v) is 5.59. The molecule has 0 saturated heterocycles. The van der Waals surface area contributed by atoms with Gasteiger partial charge >= 0.3 is 0 Å². The molecule has 0 radical (unpaired) electrons. The van der Waals surface area contributed by atoms with Gasteiger partial charge in [-0.05, 0) is 67.5 Å². The highest BCUT2D eigenvalue weighted by atomic mass is 32.2. The number of benzene rings is 2. The normalized spacial score (nSPS) is 19.0. The molecule has 158 valence electrons. The zero-order valence-corrected chi connectivity index (χ0v) is 17.4. The van der Waals surface area contributed by atoms with E-state index in [9.17, 15) is 13.2 Å². The molecule has 0 bridgehead atoms. The van der Waals surface area contributed by atoms with E-state index in [0.717, 1.165) is 49.7 Å². The van der Waals surface area contributed by atoms with Crippen molar-refractivity contribution in [2.75, 3.05) is 5.32 Å². The summed E-state index contributed by atoms with van der Waals surface area (Å²) in [7, 11) is -3.90. The maximum absolute atomic E-state index is 12.9. The van der Waals surface area contributed by atoms with E-state index in [-0.39, 0.29) is 16.4 Å². The smallest absolute Gasteiger partial charge is 0.255 e.